The standard InChI is InChI=1S/C15H27NOS/c1-5-6-7-8-9-12(17)10-14-16-13(11-18-14)15(2,3)4/h11-12,17H,5-10H2,1-4H3. The zero-order valence-electron chi connectivity index (χ0n) is 12.2. The molecule has 0 radical (unpaired) electrons. The molecule has 0 aliphatic rings. The first kappa shape index (κ1) is 15.6. The van der Waals surface area contributed by atoms with Crippen LogP contribution in [0, 0.1) is 0 Å². The summed E-state index contributed by atoms with van der Waals surface area (Å²) < 4.78 is 0. The van der Waals surface area contributed by atoms with Crippen molar-refractivity contribution in [2.24, 2.45) is 0 Å². The maximum absolute atomic E-state index is 9.98. The summed E-state index contributed by atoms with van der Waals surface area (Å²) in [4.78, 5) is 4.62. The first-order chi connectivity index (χ1) is 8.43. The summed E-state index contributed by atoms with van der Waals surface area (Å²) in [5, 5.41) is 13.2. The van der Waals surface area contributed by atoms with Gasteiger partial charge in [0.1, 0.15) is 0 Å². The molecule has 0 bridgehead atoms. The number of aliphatic hydroxyl groups is 1. The van der Waals surface area contributed by atoms with Crippen molar-refractivity contribution in [2.75, 3.05) is 0 Å². The smallest absolute Gasteiger partial charge is 0.0954 e. The van der Waals surface area contributed by atoms with Gasteiger partial charge in [-0.25, -0.2) is 4.98 Å². The Morgan fingerprint density at radius 1 is 1.28 bits per heavy atom. The molecule has 1 aromatic heterocycles. The molecule has 1 aromatic rings. The monoisotopic (exact) mass is 269 g/mol. The SMILES string of the molecule is CCCCCCC(O)Cc1nc(C(C)(C)C)cs1. The Kier molecular flexibility index (Phi) is 6.30. The number of thiazole rings is 1. The van der Waals surface area contributed by atoms with E-state index in [2.05, 4.69) is 38.1 Å². The molecular weight excluding hydrogens is 242 g/mol. The normalized spacial score (nSPS) is 13.8. The molecule has 0 fully saturated rings. The zero-order valence-corrected chi connectivity index (χ0v) is 13.0. The minimum absolute atomic E-state index is 0.112. The average molecular weight is 269 g/mol. The molecule has 1 heterocycles. The molecule has 0 saturated carbocycles. The fourth-order valence-electron chi connectivity index (χ4n) is 1.86. The summed E-state index contributed by atoms with van der Waals surface area (Å²) in [6.07, 6.45) is 6.29. The van der Waals surface area contributed by atoms with Crippen molar-refractivity contribution in [1.29, 1.82) is 0 Å². The zero-order chi connectivity index (χ0) is 13.6. The Bertz CT molecular complexity index is 341. The summed E-state index contributed by atoms with van der Waals surface area (Å²) >= 11 is 1.68. The summed E-state index contributed by atoms with van der Waals surface area (Å²) in [7, 11) is 0. The van der Waals surface area contributed by atoms with E-state index in [1.165, 1.54) is 19.3 Å². The fourth-order valence-corrected chi connectivity index (χ4v) is 2.95. The largest absolute Gasteiger partial charge is 0.393 e. The van der Waals surface area contributed by atoms with Gasteiger partial charge in [0.05, 0.1) is 16.8 Å². The first-order valence-electron chi connectivity index (χ1n) is 7.06. The van der Waals surface area contributed by atoms with E-state index in [-0.39, 0.29) is 11.5 Å². The van der Waals surface area contributed by atoms with Gasteiger partial charge in [-0.2, -0.15) is 0 Å². The van der Waals surface area contributed by atoms with Crippen molar-refractivity contribution in [2.45, 2.75) is 77.7 Å². The van der Waals surface area contributed by atoms with Gasteiger partial charge in [-0.05, 0) is 6.42 Å². The van der Waals surface area contributed by atoms with Gasteiger partial charge in [0, 0.05) is 17.2 Å². The highest BCUT2D eigenvalue weighted by atomic mass is 32.1. The number of nitrogens with zero attached hydrogens (tertiary/aromatic N) is 1. The maximum Gasteiger partial charge on any atom is 0.0954 e. The van der Waals surface area contributed by atoms with Crippen LogP contribution in [0.1, 0.15) is 70.5 Å². The first-order valence-corrected chi connectivity index (χ1v) is 7.94. The number of unbranched alkanes of at least 4 members (excludes halogenated alkanes) is 3. The lowest BCUT2D eigenvalue weighted by atomic mass is 9.93. The van der Waals surface area contributed by atoms with E-state index < -0.39 is 0 Å². The summed E-state index contributed by atoms with van der Waals surface area (Å²) in [6.45, 7) is 8.73. The molecule has 0 aliphatic carbocycles. The minimum atomic E-state index is -0.221. The lowest BCUT2D eigenvalue weighted by Crippen LogP contribution is -2.13. The van der Waals surface area contributed by atoms with E-state index in [1.807, 2.05) is 0 Å². The summed E-state index contributed by atoms with van der Waals surface area (Å²) in [5.41, 5.74) is 1.25. The molecule has 0 saturated heterocycles. The van der Waals surface area contributed by atoms with Crippen LogP contribution in [0.2, 0.25) is 0 Å². The van der Waals surface area contributed by atoms with Crippen LogP contribution in [0.3, 0.4) is 0 Å². The molecule has 1 rings (SSSR count). The number of rotatable bonds is 7. The number of hydrogen-bond acceptors (Lipinski definition) is 3. The second kappa shape index (κ2) is 7.25. The van der Waals surface area contributed by atoms with Crippen LogP contribution >= 0.6 is 11.3 Å². The third-order valence-electron chi connectivity index (χ3n) is 3.12. The van der Waals surface area contributed by atoms with Crippen LogP contribution < -0.4 is 0 Å². The van der Waals surface area contributed by atoms with Crippen LogP contribution in [-0.2, 0) is 11.8 Å². The summed E-state index contributed by atoms with van der Waals surface area (Å²) in [5.74, 6) is 0. The molecule has 104 valence electrons. The predicted molar refractivity (Wildman–Crippen MR) is 79.3 cm³/mol. The van der Waals surface area contributed by atoms with E-state index in [9.17, 15) is 5.11 Å². The van der Waals surface area contributed by atoms with Gasteiger partial charge in [-0.1, -0.05) is 53.4 Å². The van der Waals surface area contributed by atoms with E-state index in [4.69, 9.17) is 0 Å². The van der Waals surface area contributed by atoms with Gasteiger partial charge in [-0.3, -0.25) is 0 Å². The molecule has 2 nitrogen and oxygen atoms in total. The van der Waals surface area contributed by atoms with Crippen LogP contribution in [0.15, 0.2) is 5.38 Å². The van der Waals surface area contributed by atoms with Gasteiger partial charge in [0.25, 0.3) is 0 Å². The topological polar surface area (TPSA) is 33.1 Å². The highest BCUT2D eigenvalue weighted by Crippen LogP contribution is 2.24. The lowest BCUT2D eigenvalue weighted by Gasteiger charge is -2.14. The Morgan fingerprint density at radius 3 is 2.56 bits per heavy atom. The molecule has 3 heteroatoms. The van der Waals surface area contributed by atoms with Crippen LogP contribution in [-0.4, -0.2) is 16.2 Å². The van der Waals surface area contributed by atoms with Crippen molar-refractivity contribution < 1.29 is 5.11 Å². The molecule has 0 aromatic carbocycles. The van der Waals surface area contributed by atoms with E-state index >= 15 is 0 Å². The highest BCUT2D eigenvalue weighted by molar-refractivity contribution is 7.09. The number of hydrogen-bond donors (Lipinski definition) is 1. The highest BCUT2D eigenvalue weighted by Gasteiger charge is 2.18. The molecule has 0 aliphatic heterocycles. The quantitative estimate of drug-likeness (QED) is 0.748. The Hall–Kier alpha value is -0.410. The maximum atomic E-state index is 9.98. The van der Waals surface area contributed by atoms with Crippen LogP contribution in [0.25, 0.3) is 0 Å². The van der Waals surface area contributed by atoms with Gasteiger partial charge >= 0.3 is 0 Å². The molecule has 1 atom stereocenters. The van der Waals surface area contributed by atoms with Crippen molar-refractivity contribution in [3.8, 4) is 0 Å². The van der Waals surface area contributed by atoms with Crippen molar-refractivity contribution in [1.82, 2.24) is 4.98 Å². The van der Waals surface area contributed by atoms with Crippen molar-refractivity contribution in [3.05, 3.63) is 16.1 Å². The average Bonchev–Trinajstić information content (AvgIpc) is 2.72. The predicted octanol–water partition coefficient (Wildman–Crippen LogP) is 4.31. The minimum Gasteiger partial charge on any atom is -0.393 e. The Balaban J connectivity index is 2.35. The number of aliphatic hydroxyl groups excluding tert-OH is 1. The van der Waals surface area contributed by atoms with Gasteiger partial charge in [-0.15, -0.1) is 11.3 Å². The van der Waals surface area contributed by atoms with Gasteiger partial charge < -0.3 is 5.11 Å². The second-order valence-electron chi connectivity index (χ2n) is 6.08. The fraction of sp³-hybridized carbons (Fsp3) is 0.800. The Morgan fingerprint density at radius 2 is 2.00 bits per heavy atom. The molecule has 18 heavy (non-hydrogen) atoms. The van der Waals surface area contributed by atoms with Gasteiger partial charge in [0.15, 0.2) is 0 Å². The van der Waals surface area contributed by atoms with Crippen molar-refractivity contribution in [3.63, 3.8) is 0 Å². The second-order valence-corrected chi connectivity index (χ2v) is 7.03. The third-order valence-corrected chi connectivity index (χ3v) is 3.99. The molecular formula is C15H27NOS. The summed E-state index contributed by atoms with van der Waals surface area (Å²) in [6, 6.07) is 0. The van der Waals surface area contributed by atoms with E-state index in [0.717, 1.165) is 23.5 Å². The third kappa shape index (κ3) is 5.49. The van der Waals surface area contributed by atoms with Crippen molar-refractivity contribution >= 4 is 11.3 Å². The lowest BCUT2D eigenvalue weighted by molar-refractivity contribution is 0.160. The van der Waals surface area contributed by atoms with Crippen LogP contribution in [0.4, 0.5) is 0 Å². The van der Waals surface area contributed by atoms with Crippen LogP contribution in [0.5, 0.6) is 0 Å². The molecule has 1 N–H and O–H groups in total. The van der Waals surface area contributed by atoms with E-state index in [0.29, 0.717) is 6.42 Å². The molecule has 1 unspecified atom stereocenters. The van der Waals surface area contributed by atoms with Gasteiger partial charge in [0.2, 0.25) is 0 Å². The molecule has 0 spiro atoms. The number of aromatic nitrogens is 1. The molecule has 0 amide bonds. The Labute approximate surface area is 115 Å². The van der Waals surface area contributed by atoms with E-state index in [1.54, 1.807) is 11.3 Å².